The van der Waals surface area contributed by atoms with E-state index in [1.165, 1.54) is 0 Å². The first-order valence-corrected chi connectivity index (χ1v) is 5.78. The van der Waals surface area contributed by atoms with E-state index < -0.39 is 0 Å². The van der Waals surface area contributed by atoms with Gasteiger partial charge in [0.05, 0.1) is 16.0 Å². The fourth-order valence-corrected chi connectivity index (χ4v) is 2.20. The molecule has 5 heteroatoms. The summed E-state index contributed by atoms with van der Waals surface area (Å²) in [6.45, 7) is 0.487. The Morgan fingerprint density at radius 2 is 2.06 bits per heavy atom. The molecule has 0 aromatic carbocycles. The Balaban J connectivity index is 2.39. The molecule has 0 aliphatic heterocycles. The Hall–Kier alpha value is -1.13. The summed E-state index contributed by atoms with van der Waals surface area (Å²) in [6, 6.07) is 5.31. The molecule has 0 saturated carbocycles. The smallest absolute Gasteiger partial charge is 0.265 e. The largest absolute Gasteiger partial charge is 0.309 e. The molecule has 0 amide bonds. The fraction of sp³-hybridized carbons (Fsp3) is 0.0909. The van der Waals surface area contributed by atoms with E-state index in [0.29, 0.717) is 16.0 Å². The van der Waals surface area contributed by atoms with Gasteiger partial charge >= 0.3 is 0 Å². The van der Waals surface area contributed by atoms with Crippen LogP contribution in [0.2, 0.25) is 5.02 Å². The zero-order chi connectivity index (χ0) is 11.5. The molecule has 0 aliphatic rings. The third kappa shape index (κ3) is 2.51. The standard InChI is InChI=1S/C11H8BrClN2O/c12-10-5-9(13)7-15(11(10)16)6-8-1-3-14-4-2-8/h1-5,7H,6H2. The summed E-state index contributed by atoms with van der Waals surface area (Å²) in [5, 5.41) is 0.528. The highest BCUT2D eigenvalue weighted by atomic mass is 79.9. The number of hydrogen-bond donors (Lipinski definition) is 0. The second-order valence-electron chi connectivity index (χ2n) is 3.29. The topological polar surface area (TPSA) is 34.9 Å². The molecule has 0 radical (unpaired) electrons. The first kappa shape index (κ1) is 11.4. The molecule has 0 spiro atoms. The summed E-state index contributed by atoms with van der Waals surface area (Å²) in [5.41, 5.74) is 0.910. The molecule has 2 aromatic rings. The van der Waals surface area contributed by atoms with Crippen LogP contribution >= 0.6 is 27.5 Å². The van der Waals surface area contributed by atoms with Gasteiger partial charge in [0, 0.05) is 18.6 Å². The van der Waals surface area contributed by atoms with Gasteiger partial charge in [0.15, 0.2) is 0 Å². The molecule has 0 N–H and O–H groups in total. The number of pyridine rings is 2. The summed E-state index contributed by atoms with van der Waals surface area (Å²) in [5.74, 6) is 0. The van der Waals surface area contributed by atoms with E-state index in [1.807, 2.05) is 12.1 Å². The lowest BCUT2D eigenvalue weighted by molar-refractivity contribution is 0.754. The van der Waals surface area contributed by atoms with Crippen LogP contribution in [0.25, 0.3) is 0 Å². The van der Waals surface area contributed by atoms with Crippen molar-refractivity contribution in [2.45, 2.75) is 6.54 Å². The quantitative estimate of drug-likeness (QED) is 0.854. The van der Waals surface area contributed by atoms with Crippen molar-refractivity contribution in [1.29, 1.82) is 0 Å². The Labute approximate surface area is 106 Å². The lowest BCUT2D eigenvalue weighted by Crippen LogP contribution is -2.20. The Kier molecular flexibility index (Phi) is 3.41. The van der Waals surface area contributed by atoms with Gasteiger partial charge in [-0.25, -0.2) is 0 Å². The predicted molar refractivity (Wildman–Crippen MR) is 66.8 cm³/mol. The highest BCUT2D eigenvalue weighted by molar-refractivity contribution is 9.10. The van der Waals surface area contributed by atoms with Crippen LogP contribution in [0.5, 0.6) is 0 Å². The van der Waals surface area contributed by atoms with E-state index in [1.54, 1.807) is 29.2 Å². The predicted octanol–water partition coefficient (Wildman–Crippen LogP) is 2.71. The Bertz CT molecular complexity index is 554. The summed E-state index contributed by atoms with van der Waals surface area (Å²) in [6.07, 6.45) is 5.01. The summed E-state index contributed by atoms with van der Waals surface area (Å²) in [7, 11) is 0. The minimum absolute atomic E-state index is 0.0961. The molecule has 16 heavy (non-hydrogen) atoms. The molecular weight excluding hydrogens is 291 g/mol. The van der Waals surface area contributed by atoms with Crippen molar-refractivity contribution in [3.63, 3.8) is 0 Å². The number of aromatic nitrogens is 2. The van der Waals surface area contributed by atoms with Gasteiger partial charge in [-0.3, -0.25) is 9.78 Å². The van der Waals surface area contributed by atoms with Crippen LogP contribution < -0.4 is 5.56 Å². The van der Waals surface area contributed by atoms with Crippen molar-refractivity contribution >= 4 is 27.5 Å². The van der Waals surface area contributed by atoms with Crippen LogP contribution in [0.1, 0.15) is 5.56 Å². The maximum absolute atomic E-state index is 11.8. The van der Waals surface area contributed by atoms with Crippen molar-refractivity contribution < 1.29 is 0 Å². The summed E-state index contributed by atoms with van der Waals surface area (Å²) >= 11 is 9.07. The number of hydrogen-bond acceptors (Lipinski definition) is 2. The summed E-state index contributed by atoms with van der Waals surface area (Å²) < 4.78 is 2.02. The van der Waals surface area contributed by atoms with Gasteiger partial charge in [0.25, 0.3) is 5.56 Å². The van der Waals surface area contributed by atoms with E-state index in [-0.39, 0.29) is 5.56 Å². The van der Waals surface area contributed by atoms with Crippen molar-refractivity contribution in [3.8, 4) is 0 Å². The molecule has 0 fully saturated rings. The molecule has 82 valence electrons. The zero-order valence-corrected chi connectivity index (χ0v) is 10.6. The van der Waals surface area contributed by atoms with Gasteiger partial charge in [-0.2, -0.15) is 0 Å². The van der Waals surface area contributed by atoms with Crippen molar-refractivity contribution in [3.05, 3.63) is 62.2 Å². The van der Waals surface area contributed by atoms with Crippen LogP contribution in [0, 0.1) is 0 Å². The fourth-order valence-electron chi connectivity index (χ4n) is 1.37. The van der Waals surface area contributed by atoms with E-state index in [9.17, 15) is 4.79 Å². The first-order valence-electron chi connectivity index (χ1n) is 4.61. The second-order valence-corrected chi connectivity index (χ2v) is 4.59. The Morgan fingerprint density at radius 3 is 2.75 bits per heavy atom. The molecule has 3 nitrogen and oxygen atoms in total. The molecule has 2 aromatic heterocycles. The highest BCUT2D eigenvalue weighted by Crippen LogP contribution is 2.12. The lowest BCUT2D eigenvalue weighted by Gasteiger charge is -2.06. The monoisotopic (exact) mass is 298 g/mol. The second kappa shape index (κ2) is 4.80. The third-order valence-corrected chi connectivity index (χ3v) is 2.89. The number of nitrogens with zero attached hydrogens (tertiary/aromatic N) is 2. The number of halogens is 2. The van der Waals surface area contributed by atoms with E-state index in [0.717, 1.165) is 5.56 Å². The van der Waals surface area contributed by atoms with Gasteiger partial charge in [0.1, 0.15) is 0 Å². The zero-order valence-electron chi connectivity index (χ0n) is 8.23. The Morgan fingerprint density at radius 1 is 1.38 bits per heavy atom. The van der Waals surface area contributed by atoms with Crippen LogP contribution in [0.4, 0.5) is 0 Å². The average molecular weight is 300 g/mol. The van der Waals surface area contributed by atoms with Crippen molar-refractivity contribution in [1.82, 2.24) is 9.55 Å². The first-order chi connectivity index (χ1) is 7.66. The van der Waals surface area contributed by atoms with Crippen LogP contribution in [0.15, 0.2) is 46.1 Å². The van der Waals surface area contributed by atoms with Gasteiger partial charge in [-0.1, -0.05) is 11.6 Å². The van der Waals surface area contributed by atoms with Gasteiger partial charge < -0.3 is 4.57 Å². The molecule has 0 unspecified atom stereocenters. The van der Waals surface area contributed by atoms with Crippen LogP contribution in [-0.2, 0) is 6.54 Å². The minimum atomic E-state index is -0.0961. The minimum Gasteiger partial charge on any atom is -0.309 e. The maximum atomic E-state index is 11.8. The van der Waals surface area contributed by atoms with E-state index in [4.69, 9.17) is 11.6 Å². The highest BCUT2D eigenvalue weighted by Gasteiger charge is 2.03. The maximum Gasteiger partial charge on any atom is 0.265 e. The van der Waals surface area contributed by atoms with Crippen molar-refractivity contribution in [2.75, 3.05) is 0 Å². The van der Waals surface area contributed by atoms with Crippen molar-refractivity contribution in [2.24, 2.45) is 0 Å². The normalized spacial score (nSPS) is 10.4. The average Bonchev–Trinajstić information content (AvgIpc) is 2.27. The molecule has 0 saturated heterocycles. The lowest BCUT2D eigenvalue weighted by atomic mass is 10.2. The third-order valence-electron chi connectivity index (χ3n) is 2.11. The van der Waals surface area contributed by atoms with Gasteiger partial charge in [0.2, 0.25) is 0 Å². The van der Waals surface area contributed by atoms with Gasteiger partial charge in [-0.15, -0.1) is 0 Å². The number of rotatable bonds is 2. The molecule has 2 heterocycles. The molecule has 0 aliphatic carbocycles. The van der Waals surface area contributed by atoms with Crippen LogP contribution in [0.3, 0.4) is 0 Å². The van der Waals surface area contributed by atoms with E-state index in [2.05, 4.69) is 20.9 Å². The van der Waals surface area contributed by atoms with Crippen LogP contribution in [-0.4, -0.2) is 9.55 Å². The molecule has 0 atom stereocenters. The summed E-state index contributed by atoms with van der Waals surface area (Å²) in [4.78, 5) is 15.7. The molecule has 0 bridgehead atoms. The van der Waals surface area contributed by atoms with E-state index >= 15 is 0 Å². The SMILES string of the molecule is O=c1c(Br)cc(Cl)cn1Cc1ccncc1. The molecular formula is C11H8BrClN2O. The molecule has 2 rings (SSSR count). The van der Waals surface area contributed by atoms with Gasteiger partial charge in [-0.05, 0) is 39.7 Å².